The van der Waals surface area contributed by atoms with E-state index in [-0.39, 0.29) is 32.2 Å². The molecule has 0 spiro atoms. The maximum absolute atomic E-state index is 9.66. The summed E-state index contributed by atoms with van der Waals surface area (Å²) in [5.41, 5.74) is 0. The Morgan fingerprint density at radius 1 is 1.83 bits per heavy atom. The van der Waals surface area contributed by atoms with Crippen molar-refractivity contribution in [1.29, 1.82) is 0 Å². The van der Waals surface area contributed by atoms with Gasteiger partial charge >= 0.3 is 50.1 Å². The zero-order valence-corrected chi connectivity index (χ0v) is 7.37. The second kappa shape index (κ2) is 3.26. The van der Waals surface area contributed by atoms with Crippen LogP contribution >= 0.6 is 0 Å². The van der Waals surface area contributed by atoms with Gasteiger partial charge in [0.05, 0.1) is 0 Å². The Morgan fingerprint density at radius 3 is 2.33 bits per heavy atom. The number of hydrogen-bond donors (Lipinski definition) is 0. The van der Waals surface area contributed by atoms with Gasteiger partial charge in [0.2, 0.25) is 0 Å². The van der Waals surface area contributed by atoms with Crippen LogP contribution < -0.4 is 0 Å². The van der Waals surface area contributed by atoms with Gasteiger partial charge in [-0.05, 0) is 0 Å². The van der Waals surface area contributed by atoms with Crippen LogP contribution in [0.4, 0.5) is 4.79 Å². The van der Waals surface area contributed by atoms with Crippen LogP contribution in [0, 0.1) is 0 Å². The zero-order chi connectivity index (χ0) is 4.99. The number of ether oxygens (including phenoxy) is 1. The molecule has 0 aliphatic rings. The molecule has 0 rings (SSSR count). The topological polar surface area (TPSA) is 43.4 Å². The molecular weight excluding hydrogens is 279 g/mol. The first-order valence-electron chi connectivity index (χ1n) is 1.17. The molecule has 0 aliphatic carbocycles. The normalized spacial score (nSPS) is 6.83. The monoisotopic (exact) mass is 282 g/mol. The molecule has 0 saturated heterocycles. The van der Waals surface area contributed by atoms with E-state index in [9.17, 15) is 9.59 Å². The molecule has 32 valence electrons. The fourth-order valence-electron chi connectivity index (χ4n) is 0.0474. The Morgan fingerprint density at radius 2 is 2.33 bits per heavy atom. The Bertz CT molecular complexity index is 69.2. The van der Waals surface area contributed by atoms with Crippen LogP contribution in [0.5, 0.6) is 0 Å². The molecule has 0 saturated carbocycles. The van der Waals surface area contributed by atoms with Crippen LogP contribution in [0.25, 0.3) is 0 Å². The number of carbonyl (C=O) groups is 2. The van der Waals surface area contributed by atoms with Gasteiger partial charge in [0.1, 0.15) is 0 Å². The second-order valence-corrected chi connectivity index (χ2v) is 2.37. The van der Waals surface area contributed by atoms with Crippen LogP contribution in [0.2, 0.25) is 0 Å². The summed E-state index contributed by atoms with van der Waals surface area (Å²) in [6.07, 6.45) is 0. The third kappa shape index (κ3) is 4.06. The fourth-order valence-corrected chi connectivity index (χ4v) is 0.263. The van der Waals surface area contributed by atoms with Gasteiger partial charge in [0.25, 0.3) is 0 Å². The van der Waals surface area contributed by atoms with Gasteiger partial charge in [0, 0.05) is 0 Å². The van der Waals surface area contributed by atoms with E-state index in [1.54, 1.807) is 0 Å². The molecule has 0 fully saturated rings. The number of carbonyl (C=O) groups excluding carboxylic acids is 2. The standard InChI is InChI=1S/C2HO3.Pb.H/c3-1-5-2-4;;/h1H;;. The van der Waals surface area contributed by atoms with Gasteiger partial charge in [0.15, 0.2) is 0 Å². The molecule has 4 heteroatoms. The quantitative estimate of drug-likeness (QED) is 0.358. The molecule has 0 aromatic carbocycles. The van der Waals surface area contributed by atoms with Crippen molar-refractivity contribution in [2.24, 2.45) is 0 Å². The van der Waals surface area contributed by atoms with Crippen LogP contribution in [-0.2, 0) is 9.53 Å². The van der Waals surface area contributed by atoms with Crippen molar-refractivity contribution in [2.75, 3.05) is 0 Å². The molecule has 3 nitrogen and oxygen atoms in total. The van der Waals surface area contributed by atoms with Gasteiger partial charge in [-0.2, -0.15) is 0 Å². The summed E-state index contributed by atoms with van der Waals surface area (Å²) in [7, 11) is 0. The molecule has 0 N–H and O–H groups in total. The van der Waals surface area contributed by atoms with Gasteiger partial charge < -0.3 is 0 Å². The van der Waals surface area contributed by atoms with E-state index in [0.717, 1.165) is 0 Å². The second-order valence-electron chi connectivity index (χ2n) is 0.533. The summed E-state index contributed by atoms with van der Waals surface area (Å²) in [4.78, 5) is 18.9. The molecule has 0 heterocycles. The van der Waals surface area contributed by atoms with E-state index in [1.165, 1.54) is 0 Å². The molecule has 2 radical (unpaired) electrons. The van der Waals surface area contributed by atoms with Gasteiger partial charge in [-0.15, -0.1) is 0 Å². The maximum atomic E-state index is 9.66. The molecule has 0 aliphatic heterocycles. The first-order chi connectivity index (χ1) is 2.77. The molecule has 0 amide bonds. The van der Waals surface area contributed by atoms with Gasteiger partial charge in [-0.25, -0.2) is 0 Å². The molecular formula is C2H2O3Pb. The summed E-state index contributed by atoms with van der Waals surface area (Å²) in [5, 5.41) is 0. The minimum atomic E-state index is -0.412. The van der Waals surface area contributed by atoms with E-state index < -0.39 is 3.53 Å². The SMILES string of the molecule is O=CO[C](=O)[PbH]. The van der Waals surface area contributed by atoms with E-state index >= 15 is 0 Å². The first kappa shape index (κ1) is 6.06. The van der Waals surface area contributed by atoms with Crippen molar-refractivity contribution in [2.45, 2.75) is 0 Å². The Labute approximate surface area is 50.3 Å². The predicted molar refractivity (Wildman–Crippen MR) is 19.7 cm³/mol. The van der Waals surface area contributed by atoms with Crippen molar-refractivity contribution in [3.05, 3.63) is 0 Å². The third-order valence-corrected chi connectivity index (χ3v) is 0.693. The summed E-state index contributed by atoms with van der Waals surface area (Å²) < 4.78 is 3.38. The zero-order valence-electron chi connectivity index (χ0n) is 2.88. The summed E-state index contributed by atoms with van der Waals surface area (Å²) in [6, 6.07) is 0. The van der Waals surface area contributed by atoms with Crippen LogP contribution in [0.1, 0.15) is 0 Å². The third-order valence-electron chi connectivity index (χ3n) is 0.164. The molecule has 0 aromatic rings. The minimum absolute atomic E-state index is 0.111. The average Bonchev–Trinajstić information content (AvgIpc) is 1.35. The fraction of sp³-hybridized carbons (Fsp3) is 0. The van der Waals surface area contributed by atoms with Crippen LogP contribution in [0.3, 0.4) is 0 Å². The van der Waals surface area contributed by atoms with E-state index in [1.807, 2.05) is 0 Å². The average molecular weight is 281 g/mol. The van der Waals surface area contributed by atoms with E-state index in [4.69, 9.17) is 0 Å². The number of rotatable bonds is 1. The van der Waals surface area contributed by atoms with Crippen LogP contribution in [-0.4, -0.2) is 35.8 Å². The van der Waals surface area contributed by atoms with Gasteiger partial charge in [-0.1, -0.05) is 0 Å². The summed E-state index contributed by atoms with van der Waals surface area (Å²) >= 11 is 0.111. The molecule has 0 unspecified atom stereocenters. The number of hydrogen-bond acceptors (Lipinski definition) is 3. The first-order valence-corrected chi connectivity index (χ1v) is 3.41. The molecule has 0 atom stereocenters. The Balaban J connectivity index is 3.05. The van der Waals surface area contributed by atoms with Crippen molar-refractivity contribution in [3.8, 4) is 0 Å². The predicted octanol–water partition coefficient (Wildman–Crippen LogP) is -0.820. The Kier molecular flexibility index (Phi) is 3.29. The van der Waals surface area contributed by atoms with Crippen molar-refractivity contribution >= 4 is 35.8 Å². The van der Waals surface area contributed by atoms with Crippen molar-refractivity contribution in [1.82, 2.24) is 0 Å². The summed E-state index contributed by atoms with van der Waals surface area (Å²) in [5.74, 6) is 0. The van der Waals surface area contributed by atoms with Crippen LogP contribution in [0.15, 0.2) is 0 Å². The molecule has 0 aromatic heterocycles. The van der Waals surface area contributed by atoms with E-state index in [0.29, 0.717) is 0 Å². The van der Waals surface area contributed by atoms with Gasteiger partial charge in [-0.3, -0.25) is 0 Å². The molecule has 6 heavy (non-hydrogen) atoms. The van der Waals surface area contributed by atoms with Crippen molar-refractivity contribution in [3.63, 3.8) is 0 Å². The van der Waals surface area contributed by atoms with E-state index in [2.05, 4.69) is 4.74 Å². The van der Waals surface area contributed by atoms with Crippen molar-refractivity contribution < 1.29 is 14.3 Å². The Hall–Kier alpha value is 0.0621. The molecule has 0 bridgehead atoms. The summed E-state index contributed by atoms with van der Waals surface area (Å²) in [6.45, 7) is 0.141.